The Bertz CT molecular complexity index is 408. The molecule has 0 saturated carbocycles. The first-order valence-corrected chi connectivity index (χ1v) is 6.13. The van der Waals surface area contributed by atoms with Gasteiger partial charge in [0.25, 0.3) is 0 Å². The zero-order chi connectivity index (χ0) is 13.5. The fourth-order valence-electron chi connectivity index (χ4n) is 1.38. The van der Waals surface area contributed by atoms with Gasteiger partial charge in [-0.1, -0.05) is 23.2 Å². The highest BCUT2D eigenvalue weighted by Gasteiger charge is 2.09. The standard InChI is InChI=1S/C12H15Cl2NO3/c1-17-12(18-2)6-5-11(16)15-8-3-4-9(13)10(14)7-8/h3-4,7,12H,5-6H2,1-2H3,(H,15,16). The summed E-state index contributed by atoms with van der Waals surface area (Å²) < 4.78 is 9.99. The number of methoxy groups -OCH3 is 2. The molecule has 0 aliphatic heterocycles. The fraction of sp³-hybridized carbons (Fsp3) is 0.417. The van der Waals surface area contributed by atoms with Crippen molar-refractivity contribution in [2.45, 2.75) is 19.1 Å². The van der Waals surface area contributed by atoms with Crippen LogP contribution in [0.15, 0.2) is 18.2 Å². The number of anilines is 1. The van der Waals surface area contributed by atoms with Crippen LogP contribution in [-0.4, -0.2) is 26.4 Å². The summed E-state index contributed by atoms with van der Waals surface area (Å²) in [5, 5.41) is 3.58. The van der Waals surface area contributed by atoms with E-state index in [0.717, 1.165) is 0 Å². The number of hydrogen-bond acceptors (Lipinski definition) is 3. The molecule has 0 aliphatic carbocycles. The smallest absolute Gasteiger partial charge is 0.224 e. The third-order valence-corrected chi connectivity index (χ3v) is 3.08. The Hall–Kier alpha value is -0.810. The van der Waals surface area contributed by atoms with Crippen LogP contribution in [0.5, 0.6) is 0 Å². The summed E-state index contributed by atoms with van der Waals surface area (Å²) in [6.45, 7) is 0. The maximum Gasteiger partial charge on any atom is 0.224 e. The second kappa shape index (κ2) is 7.59. The van der Waals surface area contributed by atoms with E-state index in [2.05, 4.69) is 5.32 Å². The van der Waals surface area contributed by atoms with Gasteiger partial charge in [-0.15, -0.1) is 0 Å². The number of carbonyl (C=O) groups excluding carboxylic acids is 1. The Kier molecular flexibility index (Phi) is 6.43. The third kappa shape index (κ3) is 4.82. The quantitative estimate of drug-likeness (QED) is 0.818. The molecule has 1 rings (SSSR count). The molecule has 0 aliphatic rings. The Morgan fingerprint density at radius 2 is 1.94 bits per heavy atom. The SMILES string of the molecule is COC(CCC(=O)Nc1ccc(Cl)c(Cl)c1)OC. The number of nitrogens with one attached hydrogen (secondary N) is 1. The summed E-state index contributed by atoms with van der Waals surface area (Å²) >= 11 is 11.6. The average molecular weight is 292 g/mol. The number of benzene rings is 1. The minimum Gasteiger partial charge on any atom is -0.356 e. The Morgan fingerprint density at radius 1 is 1.28 bits per heavy atom. The Balaban J connectivity index is 2.46. The lowest BCUT2D eigenvalue weighted by Gasteiger charge is -2.12. The van der Waals surface area contributed by atoms with Gasteiger partial charge in [0.1, 0.15) is 0 Å². The molecule has 18 heavy (non-hydrogen) atoms. The fourth-order valence-corrected chi connectivity index (χ4v) is 1.68. The van der Waals surface area contributed by atoms with Crippen LogP contribution in [0.2, 0.25) is 10.0 Å². The first kappa shape index (κ1) is 15.2. The van der Waals surface area contributed by atoms with Crippen molar-refractivity contribution >= 4 is 34.8 Å². The maximum atomic E-state index is 11.6. The van der Waals surface area contributed by atoms with Crippen molar-refractivity contribution < 1.29 is 14.3 Å². The van der Waals surface area contributed by atoms with E-state index in [1.54, 1.807) is 18.2 Å². The summed E-state index contributed by atoms with van der Waals surface area (Å²) in [6, 6.07) is 4.93. The first-order chi connectivity index (χ1) is 8.56. The number of rotatable bonds is 6. The second-order valence-electron chi connectivity index (χ2n) is 3.62. The molecule has 0 aromatic heterocycles. The van der Waals surface area contributed by atoms with Gasteiger partial charge in [-0.25, -0.2) is 0 Å². The monoisotopic (exact) mass is 291 g/mol. The van der Waals surface area contributed by atoms with E-state index in [4.69, 9.17) is 32.7 Å². The first-order valence-electron chi connectivity index (χ1n) is 5.37. The third-order valence-electron chi connectivity index (χ3n) is 2.34. The minimum absolute atomic E-state index is 0.132. The van der Waals surface area contributed by atoms with Gasteiger partial charge in [0.2, 0.25) is 5.91 Å². The lowest BCUT2D eigenvalue weighted by molar-refractivity contribution is -0.124. The molecule has 1 amide bonds. The van der Waals surface area contributed by atoms with Gasteiger partial charge in [-0.05, 0) is 18.2 Å². The number of carbonyl (C=O) groups is 1. The Labute approximate surface area is 116 Å². The maximum absolute atomic E-state index is 11.6. The van der Waals surface area contributed by atoms with E-state index in [1.165, 1.54) is 14.2 Å². The van der Waals surface area contributed by atoms with Crippen molar-refractivity contribution in [3.63, 3.8) is 0 Å². The van der Waals surface area contributed by atoms with Gasteiger partial charge in [-0.3, -0.25) is 4.79 Å². The van der Waals surface area contributed by atoms with E-state index >= 15 is 0 Å². The second-order valence-corrected chi connectivity index (χ2v) is 4.43. The van der Waals surface area contributed by atoms with E-state index in [-0.39, 0.29) is 12.2 Å². The Morgan fingerprint density at radius 3 is 2.50 bits per heavy atom. The molecule has 0 saturated heterocycles. The van der Waals surface area contributed by atoms with Crippen molar-refractivity contribution in [2.24, 2.45) is 0 Å². The van der Waals surface area contributed by atoms with Gasteiger partial charge in [0, 0.05) is 32.7 Å². The molecule has 1 N–H and O–H groups in total. The van der Waals surface area contributed by atoms with Crippen LogP contribution in [0.3, 0.4) is 0 Å². The molecule has 0 radical (unpaired) electrons. The van der Waals surface area contributed by atoms with E-state index < -0.39 is 0 Å². The van der Waals surface area contributed by atoms with E-state index in [0.29, 0.717) is 28.6 Å². The molecule has 6 heteroatoms. The summed E-state index contributed by atoms with van der Waals surface area (Å²) in [6.07, 6.45) is 0.414. The van der Waals surface area contributed by atoms with Crippen LogP contribution in [0.25, 0.3) is 0 Å². The van der Waals surface area contributed by atoms with Gasteiger partial charge >= 0.3 is 0 Å². The molecular formula is C12H15Cl2NO3. The average Bonchev–Trinajstić information content (AvgIpc) is 2.35. The lowest BCUT2D eigenvalue weighted by atomic mass is 10.2. The number of ether oxygens (including phenoxy) is 2. The van der Waals surface area contributed by atoms with Crippen molar-refractivity contribution in [3.8, 4) is 0 Å². The van der Waals surface area contributed by atoms with Crippen LogP contribution < -0.4 is 5.32 Å². The predicted octanol–water partition coefficient (Wildman–Crippen LogP) is 3.33. The van der Waals surface area contributed by atoms with Crippen LogP contribution in [0, 0.1) is 0 Å². The lowest BCUT2D eigenvalue weighted by Crippen LogP contribution is -2.18. The zero-order valence-corrected chi connectivity index (χ0v) is 11.7. The summed E-state index contributed by atoms with van der Waals surface area (Å²) in [4.78, 5) is 11.6. The van der Waals surface area contributed by atoms with Crippen molar-refractivity contribution in [3.05, 3.63) is 28.2 Å². The molecule has 4 nitrogen and oxygen atoms in total. The molecule has 0 fully saturated rings. The van der Waals surface area contributed by atoms with Gasteiger partial charge in [0.15, 0.2) is 6.29 Å². The number of amides is 1. The molecule has 0 unspecified atom stereocenters. The van der Waals surface area contributed by atoms with Gasteiger partial charge < -0.3 is 14.8 Å². The summed E-state index contributed by atoms with van der Waals surface area (Å²) in [7, 11) is 3.07. The normalized spacial score (nSPS) is 10.7. The molecular weight excluding hydrogens is 277 g/mol. The minimum atomic E-state index is -0.371. The highest BCUT2D eigenvalue weighted by Crippen LogP contribution is 2.25. The van der Waals surface area contributed by atoms with E-state index in [1.807, 2.05) is 0 Å². The van der Waals surface area contributed by atoms with Crippen molar-refractivity contribution in [1.82, 2.24) is 0 Å². The zero-order valence-electron chi connectivity index (χ0n) is 10.2. The summed E-state index contributed by atoms with van der Waals surface area (Å²) in [5.41, 5.74) is 0.612. The van der Waals surface area contributed by atoms with Gasteiger partial charge in [0.05, 0.1) is 10.0 Å². The molecule has 0 heterocycles. The topological polar surface area (TPSA) is 47.6 Å². The highest BCUT2D eigenvalue weighted by molar-refractivity contribution is 6.42. The predicted molar refractivity (Wildman–Crippen MR) is 72.1 cm³/mol. The number of hydrogen-bond donors (Lipinski definition) is 1. The van der Waals surface area contributed by atoms with Crippen LogP contribution in [0.4, 0.5) is 5.69 Å². The summed E-state index contributed by atoms with van der Waals surface area (Å²) in [5.74, 6) is -0.132. The molecule has 100 valence electrons. The van der Waals surface area contributed by atoms with Crippen LogP contribution in [0.1, 0.15) is 12.8 Å². The van der Waals surface area contributed by atoms with Crippen molar-refractivity contribution in [1.29, 1.82) is 0 Å². The molecule has 1 aromatic rings. The molecule has 0 spiro atoms. The van der Waals surface area contributed by atoms with Crippen LogP contribution in [-0.2, 0) is 14.3 Å². The van der Waals surface area contributed by atoms with Crippen LogP contribution >= 0.6 is 23.2 Å². The highest BCUT2D eigenvalue weighted by atomic mass is 35.5. The van der Waals surface area contributed by atoms with Gasteiger partial charge in [-0.2, -0.15) is 0 Å². The number of halogens is 2. The van der Waals surface area contributed by atoms with E-state index in [9.17, 15) is 4.79 Å². The molecule has 0 bridgehead atoms. The molecule has 0 atom stereocenters. The van der Waals surface area contributed by atoms with Crippen molar-refractivity contribution in [2.75, 3.05) is 19.5 Å². The largest absolute Gasteiger partial charge is 0.356 e. The molecule has 1 aromatic carbocycles.